The van der Waals surface area contributed by atoms with E-state index in [2.05, 4.69) is 19.6 Å². The molecular weight excluding hydrogens is 140 g/mol. The van der Waals surface area contributed by atoms with Gasteiger partial charge in [-0.25, -0.2) is 0 Å². The maximum atomic E-state index is 5.62. The molecule has 0 amide bonds. The molecule has 1 saturated heterocycles. The first-order valence-electron chi connectivity index (χ1n) is 4.10. The Balaban J connectivity index is 2.39. The van der Waals surface area contributed by atoms with E-state index in [-0.39, 0.29) is 0 Å². The lowest BCUT2D eigenvalue weighted by atomic mass is 10.2. The molecule has 0 N–H and O–H groups in total. The quantitative estimate of drug-likeness (QED) is 0.532. The summed E-state index contributed by atoms with van der Waals surface area (Å²) in [5, 5.41) is 0. The predicted molar refractivity (Wildman–Crippen MR) is 46.4 cm³/mol. The second-order valence-corrected chi connectivity index (χ2v) is 9.04. The van der Waals surface area contributed by atoms with Crippen molar-refractivity contribution in [3.8, 4) is 0 Å². The first-order chi connectivity index (χ1) is 4.61. The van der Waals surface area contributed by atoms with Crippen molar-refractivity contribution < 1.29 is 4.74 Å². The van der Waals surface area contributed by atoms with Gasteiger partial charge in [0.1, 0.15) is 0 Å². The van der Waals surface area contributed by atoms with Gasteiger partial charge in [0.25, 0.3) is 0 Å². The summed E-state index contributed by atoms with van der Waals surface area (Å²) >= 11 is 0. The van der Waals surface area contributed by atoms with Crippen LogP contribution in [0.2, 0.25) is 19.6 Å². The molecule has 0 aromatic heterocycles. The van der Waals surface area contributed by atoms with E-state index < -0.39 is 8.07 Å². The monoisotopic (exact) mass is 157 g/mol. The van der Waals surface area contributed by atoms with Crippen LogP contribution in [0.4, 0.5) is 0 Å². The van der Waals surface area contributed by atoms with Crippen molar-refractivity contribution in [3.63, 3.8) is 0 Å². The first-order valence-corrected chi connectivity index (χ1v) is 7.60. The molecule has 1 fully saturated rings. The Hall–Kier alpha value is 0.177. The molecule has 0 atom stereocenters. The van der Waals surface area contributed by atoms with E-state index in [0.717, 1.165) is 6.61 Å². The van der Waals surface area contributed by atoms with Gasteiger partial charge in [-0.15, -0.1) is 0 Å². The highest BCUT2D eigenvalue weighted by Gasteiger charge is 2.29. The van der Waals surface area contributed by atoms with Crippen molar-refractivity contribution in [2.45, 2.75) is 38.9 Å². The largest absolute Gasteiger partial charge is 0.376 e. The third-order valence-corrected chi connectivity index (χ3v) is 3.98. The molecule has 1 radical (unpaired) electrons. The maximum absolute atomic E-state index is 5.62. The topological polar surface area (TPSA) is 9.23 Å². The number of hydrogen-bond donors (Lipinski definition) is 0. The van der Waals surface area contributed by atoms with Gasteiger partial charge < -0.3 is 4.74 Å². The molecule has 2 heteroatoms. The van der Waals surface area contributed by atoms with Crippen LogP contribution in [0.25, 0.3) is 0 Å². The summed E-state index contributed by atoms with van der Waals surface area (Å²) in [6.45, 7) is 8.04. The molecule has 0 bridgehead atoms. The van der Waals surface area contributed by atoms with Crippen LogP contribution in [-0.2, 0) is 4.74 Å². The van der Waals surface area contributed by atoms with Crippen LogP contribution in [0.1, 0.15) is 19.3 Å². The molecule has 1 nitrogen and oxygen atoms in total. The highest BCUT2D eigenvalue weighted by atomic mass is 28.3. The number of rotatable bonds is 1. The highest BCUT2D eigenvalue weighted by molar-refractivity contribution is 6.80. The Bertz CT molecular complexity index is 100. The van der Waals surface area contributed by atoms with E-state index in [9.17, 15) is 0 Å². The lowest BCUT2D eigenvalue weighted by Crippen LogP contribution is -2.35. The van der Waals surface area contributed by atoms with Crippen LogP contribution >= 0.6 is 0 Å². The van der Waals surface area contributed by atoms with E-state index in [4.69, 9.17) is 4.74 Å². The molecule has 1 heterocycles. The van der Waals surface area contributed by atoms with Gasteiger partial charge in [-0.3, -0.25) is 0 Å². The molecule has 1 aliphatic rings. The summed E-state index contributed by atoms with van der Waals surface area (Å²) < 4.78 is 5.62. The second kappa shape index (κ2) is 3.05. The van der Waals surface area contributed by atoms with E-state index >= 15 is 0 Å². The smallest absolute Gasteiger partial charge is 0.0857 e. The summed E-state index contributed by atoms with van der Waals surface area (Å²) in [4.78, 5) is 0. The fourth-order valence-corrected chi connectivity index (χ4v) is 2.71. The Labute approximate surface area is 64.8 Å². The normalized spacial score (nSPS) is 23.1. The zero-order chi connectivity index (χ0) is 7.61. The second-order valence-electron chi connectivity index (χ2n) is 3.98. The molecule has 0 aromatic rings. The third-order valence-electron chi connectivity index (χ3n) is 1.91. The summed E-state index contributed by atoms with van der Waals surface area (Å²) in [7, 11) is -1.06. The van der Waals surface area contributed by atoms with Crippen molar-refractivity contribution in [1.29, 1.82) is 0 Å². The van der Waals surface area contributed by atoms with Crippen LogP contribution in [0.5, 0.6) is 0 Å². The minimum Gasteiger partial charge on any atom is -0.376 e. The molecule has 0 spiro atoms. The van der Waals surface area contributed by atoms with E-state index in [0.29, 0.717) is 0 Å². The lowest BCUT2D eigenvalue weighted by Gasteiger charge is -2.31. The molecule has 0 unspecified atom stereocenters. The molecule has 1 rings (SSSR count). The standard InChI is InChI=1S/C8H17OSi/c1-10(2,3)8-6-4-5-7-9-8/h4-7H2,1-3H3. The summed E-state index contributed by atoms with van der Waals surface area (Å²) in [5.74, 6) is 0. The van der Waals surface area contributed by atoms with Gasteiger partial charge in [-0.05, 0) is 19.3 Å². The average Bonchev–Trinajstić information content (AvgIpc) is 1.88. The Morgan fingerprint density at radius 2 is 1.90 bits per heavy atom. The minimum atomic E-state index is -1.06. The lowest BCUT2D eigenvalue weighted by molar-refractivity contribution is 0.131. The summed E-state index contributed by atoms with van der Waals surface area (Å²) in [5.41, 5.74) is 1.43. The van der Waals surface area contributed by atoms with Gasteiger partial charge in [0, 0.05) is 6.61 Å². The zero-order valence-corrected chi connectivity index (χ0v) is 8.24. The SMILES string of the molecule is C[Si](C)(C)[C]1CCCCO1. The van der Waals surface area contributed by atoms with Crippen molar-refractivity contribution in [1.82, 2.24) is 0 Å². The molecule has 59 valence electrons. The molecule has 0 aromatic carbocycles. The van der Waals surface area contributed by atoms with E-state index in [1.54, 1.807) is 0 Å². The van der Waals surface area contributed by atoms with Gasteiger partial charge in [0.15, 0.2) is 0 Å². The van der Waals surface area contributed by atoms with Crippen molar-refractivity contribution in [2.24, 2.45) is 0 Å². The Morgan fingerprint density at radius 3 is 2.20 bits per heavy atom. The molecule has 0 aliphatic carbocycles. The highest BCUT2D eigenvalue weighted by Crippen LogP contribution is 2.28. The van der Waals surface area contributed by atoms with Crippen molar-refractivity contribution >= 4 is 8.07 Å². The Kier molecular flexibility index (Phi) is 2.53. The molecule has 10 heavy (non-hydrogen) atoms. The summed E-state index contributed by atoms with van der Waals surface area (Å²) in [6, 6.07) is 0. The van der Waals surface area contributed by atoms with Gasteiger partial charge >= 0.3 is 0 Å². The van der Waals surface area contributed by atoms with Crippen LogP contribution in [0, 0.1) is 5.73 Å². The average molecular weight is 157 g/mol. The zero-order valence-electron chi connectivity index (χ0n) is 7.24. The first kappa shape index (κ1) is 8.28. The molecule has 0 saturated carbocycles. The summed E-state index contributed by atoms with van der Waals surface area (Å²) in [6.07, 6.45) is 3.84. The van der Waals surface area contributed by atoms with E-state index in [1.807, 2.05) is 0 Å². The predicted octanol–water partition coefficient (Wildman–Crippen LogP) is 2.60. The fourth-order valence-electron chi connectivity index (χ4n) is 1.25. The fraction of sp³-hybridized carbons (Fsp3) is 0.875. The minimum absolute atomic E-state index is 0.972. The van der Waals surface area contributed by atoms with Crippen molar-refractivity contribution in [3.05, 3.63) is 5.73 Å². The number of hydrogen-bond acceptors (Lipinski definition) is 1. The van der Waals surface area contributed by atoms with Crippen LogP contribution in [0.15, 0.2) is 0 Å². The van der Waals surface area contributed by atoms with Crippen LogP contribution < -0.4 is 0 Å². The van der Waals surface area contributed by atoms with Crippen LogP contribution in [0.3, 0.4) is 0 Å². The van der Waals surface area contributed by atoms with Gasteiger partial charge in [0.2, 0.25) is 0 Å². The Morgan fingerprint density at radius 1 is 1.20 bits per heavy atom. The number of ether oxygens (including phenoxy) is 1. The third kappa shape index (κ3) is 2.10. The molecular formula is C8H17OSi. The molecule has 1 aliphatic heterocycles. The van der Waals surface area contributed by atoms with Gasteiger partial charge in [-0.1, -0.05) is 19.6 Å². The van der Waals surface area contributed by atoms with Crippen molar-refractivity contribution in [2.75, 3.05) is 6.61 Å². The van der Waals surface area contributed by atoms with Crippen LogP contribution in [-0.4, -0.2) is 14.7 Å². The van der Waals surface area contributed by atoms with Gasteiger partial charge in [0.05, 0.1) is 13.8 Å². The van der Waals surface area contributed by atoms with E-state index in [1.165, 1.54) is 25.0 Å². The maximum Gasteiger partial charge on any atom is 0.0857 e. The van der Waals surface area contributed by atoms with Gasteiger partial charge in [-0.2, -0.15) is 0 Å².